The van der Waals surface area contributed by atoms with E-state index in [1.807, 2.05) is 37.3 Å². The first-order chi connectivity index (χ1) is 5.18. The minimum atomic E-state index is 0.747. The summed E-state index contributed by atoms with van der Waals surface area (Å²) in [5.41, 5.74) is 7.37. The van der Waals surface area contributed by atoms with Crippen LogP contribution in [0.2, 0.25) is 5.02 Å². The fourth-order valence-electron chi connectivity index (χ4n) is 0.822. The molecule has 0 aliphatic rings. The first-order valence-electron chi connectivity index (χ1n) is 3.38. The van der Waals surface area contributed by atoms with Crippen molar-refractivity contribution in [3.8, 4) is 0 Å². The lowest BCUT2D eigenvalue weighted by atomic mass is 10.2. The Labute approximate surface area is 71.5 Å². The zero-order valence-corrected chi connectivity index (χ0v) is 7.10. The van der Waals surface area contributed by atoms with Crippen LogP contribution < -0.4 is 5.73 Å². The quantitative estimate of drug-likeness (QED) is 0.684. The van der Waals surface area contributed by atoms with Gasteiger partial charge in [-0.3, -0.25) is 0 Å². The van der Waals surface area contributed by atoms with Gasteiger partial charge in [-0.2, -0.15) is 0 Å². The lowest BCUT2D eigenvalue weighted by Crippen LogP contribution is -1.88. The number of nitrogens with two attached hydrogens (primary N) is 1. The maximum atomic E-state index is 5.70. The van der Waals surface area contributed by atoms with E-state index in [1.165, 1.54) is 0 Å². The van der Waals surface area contributed by atoms with Gasteiger partial charge in [-0.1, -0.05) is 23.7 Å². The van der Waals surface area contributed by atoms with E-state index in [0.29, 0.717) is 0 Å². The molecule has 0 saturated carbocycles. The van der Waals surface area contributed by atoms with E-state index in [0.717, 1.165) is 16.3 Å². The number of hydrogen-bond donors (Lipinski definition) is 1. The van der Waals surface area contributed by atoms with Crippen LogP contribution in [0.1, 0.15) is 12.5 Å². The first-order valence-corrected chi connectivity index (χ1v) is 3.75. The van der Waals surface area contributed by atoms with Crippen LogP contribution in [0.15, 0.2) is 30.0 Å². The summed E-state index contributed by atoms with van der Waals surface area (Å²) in [5, 5.41) is 0.747. The fourth-order valence-corrected chi connectivity index (χ4v) is 0.948. The maximum absolute atomic E-state index is 5.70. The summed E-state index contributed by atoms with van der Waals surface area (Å²) >= 11 is 5.70. The molecule has 0 unspecified atom stereocenters. The molecule has 0 aliphatic carbocycles. The third-order valence-corrected chi connectivity index (χ3v) is 1.52. The predicted molar refractivity (Wildman–Crippen MR) is 49.3 cm³/mol. The molecule has 0 fully saturated rings. The Kier molecular flexibility index (Phi) is 2.55. The van der Waals surface area contributed by atoms with Gasteiger partial charge in [-0.15, -0.1) is 0 Å². The van der Waals surface area contributed by atoms with E-state index in [9.17, 15) is 0 Å². The number of allylic oxidation sites excluding steroid dienone is 1. The first kappa shape index (κ1) is 8.15. The van der Waals surface area contributed by atoms with Gasteiger partial charge in [0.15, 0.2) is 0 Å². The third kappa shape index (κ3) is 2.64. The topological polar surface area (TPSA) is 26.0 Å². The number of halogens is 1. The molecule has 1 aromatic rings. The Bertz CT molecular complexity index is 257. The zero-order valence-electron chi connectivity index (χ0n) is 6.34. The molecule has 1 nitrogen and oxygen atoms in total. The highest BCUT2D eigenvalue weighted by Crippen LogP contribution is 2.10. The van der Waals surface area contributed by atoms with Crippen molar-refractivity contribution < 1.29 is 0 Å². The lowest BCUT2D eigenvalue weighted by Gasteiger charge is -1.94. The van der Waals surface area contributed by atoms with Gasteiger partial charge in [0.25, 0.3) is 0 Å². The Balaban J connectivity index is 2.91. The van der Waals surface area contributed by atoms with Crippen molar-refractivity contribution in [3.05, 3.63) is 40.5 Å². The summed E-state index contributed by atoms with van der Waals surface area (Å²) < 4.78 is 0. The highest BCUT2D eigenvalue weighted by atomic mass is 35.5. The second kappa shape index (κ2) is 3.44. The van der Waals surface area contributed by atoms with Gasteiger partial charge in [-0.25, -0.2) is 0 Å². The van der Waals surface area contributed by atoms with Crippen molar-refractivity contribution in [1.82, 2.24) is 0 Å². The van der Waals surface area contributed by atoms with E-state index in [-0.39, 0.29) is 0 Å². The Morgan fingerprint density at radius 2 is 1.91 bits per heavy atom. The monoisotopic (exact) mass is 167 g/mol. The molecule has 11 heavy (non-hydrogen) atoms. The third-order valence-electron chi connectivity index (χ3n) is 1.26. The molecule has 1 aromatic carbocycles. The summed E-state index contributed by atoms with van der Waals surface area (Å²) in [7, 11) is 0. The normalized spacial score (nSPS) is 11.6. The van der Waals surface area contributed by atoms with Crippen molar-refractivity contribution in [2.45, 2.75) is 6.92 Å². The molecule has 0 aliphatic heterocycles. The summed E-state index contributed by atoms with van der Waals surface area (Å²) in [4.78, 5) is 0. The summed E-state index contributed by atoms with van der Waals surface area (Å²) in [6.07, 6.45) is 1.90. The molecule has 0 saturated heterocycles. The van der Waals surface area contributed by atoms with Gasteiger partial charge in [0, 0.05) is 10.7 Å². The lowest BCUT2D eigenvalue weighted by molar-refractivity contribution is 1.34. The SMILES string of the molecule is C/C(N)=C/c1ccc(Cl)cc1. The van der Waals surface area contributed by atoms with Crippen molar-refractivity contribution in [1.29, 1.82) is 0 Å². The van der Waals surface area contributed by atoms with E-state index in [1.54, 1.807) is 0 Å². The molecule has 0 amide bonds. The Hall–Kier alpha value is -0.950. The summed E-state index contributed by atoms with van der Waals surface area (Å²) in [6.45, 7) is 1.86. The number of hydrogen-bond acceptors (Lipinski definition) is 1. The molecule has 0 heterocycles. The van der Waals surface area contributed by atoms with Gasteiger partial charge in [0.1, 0.15) is 0 Å². The highest BCUT2D eigenvalue weighted by molar-refractivity contribution is 6.30. The highest BCUT2D eigenvalue weighted by Gasteiger charge is 1.87. The average molecular weight is 168 g/mol. The van der Waals surface area contributed by atoms with Crippen molar-refractivity contribution >= 4 is 17.7 Å². The molecule has 1 rings (SSSR count). The van der Waals surface area contributed by atoms with E-state index < -0.39 is 0 Å². The van der Waals surface area contributed by atoms with Crippen LogP contribution in [-0.2, 0) is 0 Å². The molecule has 0 spiro atoms. The van der Waals surface area contributed by atoms with Gasteiger partial charge in [0.2, 0.25) is 0 Å². The molecule has 2 heteroatoms. The molecule has 0 atom stereocenters. The minimum absolute atomic E-state index is 0.747. The molecule has 0 bridgehead atoms. The van der Waals surface area contributed by atoms with Gasteiger partial charge in [0.05, 0.1) is 0 Å². The second-order valence-corrected chi connectivity index (χ2v) is 2.88. The van der Waals surface area contributed by atoms with Crippen LogP contribution in [0.25, 0.3) is 6.08 Å². The maximum Gasteiger partial charge on any atom is 0.0406 e. The zero-order chi connectivity index (χ0) is 8.27. The van der Waals surface area contributed by atoms with Crippen LogP contribution in [0, 0.1) is 0 Å². The molecular formula is C9H10ClN. The largest absolute Gasteiger partial charge is 0.402 e. The molecular weight excluding hydrogens is 158 g/mol. The van der Waals surface area contributed by atoms with Crippen LogP contribution in [0.4, 0.5) is 0 Å². The van der Waals surface area contributed by atoms with Gasteiger partial charge in [-0.05, 0) is 30.7 Å². The minimum Gasteiger partial charge on any atom is -0.402 e. The van der Waals surface area contributed by atoms with Crippen molar-refractivity contribution in [2.75, 3.05) is 0 Å². The smallest absolute Gasteiger partial charge is 0.0406 e. The second-order valence-electron chi connectivity index (χ2n) is 2.44. The molecule has 58 valence electrons. The standard InChI is InChI=1S/C9H10ClN/c1-7(11)6-8-2-4-9(10)5-3-8/h2-6H,11H2,1H3/b7-6-. The van der Waals surface area contributed by atoms with Crippen molar-refractivity contribution in [3.63, 3.8) is 0 Å². The summed E-state index contributed by atoms with van der Waals surface area (Å²) in [5.74, 6) is 0. The fraction of sp³-hybridized carbons (Fsp3) is 0.111. The Morgan fingerprint density at radius 1 is 1.36 bits per heavy atom. The molecule has 0 radical (unpaired) electrons. The average Bonchev–Trinajstić information content (AvgIpc) is 1.93. The van der Waals surface area contributed by atoms with Crippen LogP contribution in [0.5, 0.6) is 0 Å². The molecule has 2 N–H and O–H groups in total. The summed E-state index contributed by atoms with van der Waals surface area (Å²) in [6, 6.07) is 7.55. The number of rotatable bonds is 1. The van der Waals surface area contributed by atoms with Gasteiger partial charge >= 0.3 is 0 Å². The predicted octanol–water partition coefficient (Wildman–Crippen LogP) is 2.66. The molecule has 0 aromatic heterocycles. The van der Waals surface area contributed by atoms with Crippen LogP contribution >= 0.6 is 11.6 Å². The van der Waals surface area contributed by atoms with E-state index >= 15 is 0 Å². The van der Waals surface area contributed by atoms with Gasteiger partial charge < -0.3 is 5.73 Å². The Morgan fingerprint density at radius 3 is 2.36 bits per heavy atom. The van der Waals surface area contributed by atoms with Crippen LogP contribution in [-0.4, -0.2) is 0 Å². The number of benzene rings is 1. The van der Waals surface area contributed by atoms with Crippen LogP contribution in [0.3, 0.4) is 0 Å². The van der Waals surface area contributed by atoms with E-state index in [4.69, 9.17) is 17.3 Å². The van der Waals surface area contributed by atoms with E-state index in [2.05, 4.69) is 0 Å². The van der Waals surface area contributed by atoms with Crippen molar-refractivity contribution in [2.24, 2.45) is 5.73 Å².